The van der Waals surface area contributed by atoms with E-state index in [1.807, 2.05) is 42.5 Å². The minimum Gasteiger partial charge on any atom is -0.444 e. The van der Waals surface area contributed by atoms with Gasteiger partial charge < -0.3 is 25.6 Å². The van der Waals surface area contributed by atoms with Crippen molar-refractivity contribution in [2.75, 3.05) is 6.54 Å². The quantitative estimate of drug-likeness (QED) is 0.277. The van der Waals surface area contributed by atoms with E-state index >= 15 is 0 Å². The van der Waals surface area contributed by atoms with Crippen LogP contribution in [0, 0.1) is 0 Å². The van der Waals surface area contributed by atoms with E-state index in [-0.39, 0.29) is 44.3 Å². The first kappa shape index (κ1) is 31.1. The Kier molecular flexibility index (Phi) is 10.1. The van der Waals surface area contributed by atoms with Crippen LogP contribution in [0.5, 0.6) is 0 Å². The monoisotopic (exact) mass is 586 g/mol. The van der Waals surface area contributed by atoms with Crippen LogP contribution in [0.1, 0.15) is 50.3 Å². The number of nitrogens with one attached hydrogen (secondary N) is 3. The van der Waals surface area contributed by atoms with Crippen molar-refractivity contribution in [3.63, 3.8) is 0 Å². The van der Waals surface area contributed by atoms with Gasteiger partial charge in [0, 0.05) is 50.8 Å². The minimum absolute atomic E-state index is 0.0302. The van der Waals surface area contributed by atoms with E-state index in [9.17, 15) is 19.2 Å². The van der Waals surface area contributed by atoms with Crippen molar-refractivity contribution in [2.45, 2.75) is 70.3 Å². The third-order valence-corrected chi connectivity index (χ3v) is 7.09. The first-order chi connectivity index (χ1) is 20.6. The zero-order chi connectivity index (χ0) is 30.9. The van der Waals surface area contributed by atoms with Gasteiger partial charge in [0.15, 0.2) is 0 Å². The zero-order valence-corrected chi connectivity index (χ0v) is 24.7. The highest BCUT2D eigenvalue weighted by molar-refractivity contribution is 6.01. The van der Waals surface area contributed by atoms with E-state index in [1.54, 1.807) is 57.7 Å². The summed E-state index contributed by atoms with van der Waals surface area (Å²) in [5.41, 5.74) is 0.702. The second-order valence-electron chi connectivity index (χ2n) is 11.5. The van der Waals surface area contributed by atoms with Crippen molar-refractivity contribution in [3.05, 3.63) is 96.1 Å². The second kappa shape index (κ2) is 13.9. The van der Waals surface area contributed by atoms with Crippen molar-refractivity contribution in [3.8, 4) is 0 Å². The molecular weight excluding hydrogens is 548 g/mol. The van der Waals surface area contributed by atoms with Crippen molar-refractivity contribution in [2.24, 2.45) is 0 Å². The highest BCUT2D eigenvalue weighted by atomic mass is 16.6. The predicted octanol–water partition coefficient (Wildman–Crippen LogP) is 2.91. The van der Waals surface area contributed by atoms with Gasteiger partial charge in [-0.3, -0.25) is 24.4 Å². The Morgan fingerprint density at radius 2 is 1.47 bits per heavy atom. The highest BCUT2D eigenvalue weighted by Crippen LogP contribution is 2.36. The third kappa shape index (κ3) is 8.60. The van der Waals surface area contributed by atoms with Crippen molar-refractivity contribution >= 4 is 23.8 Å². The smallest absolute Gasteiger partial charge is 0.408 e. The van der Waals surface area contributed by atoms with Crippen LogP contribution in [0.4, 0.5) is 4.79 Å². The Balaban J connectivity index is 1.51. The van der Waals surface area contributed by atoms with Crippen LogP contribution < -0.4 is 16.0 Å². The molecule has 11 nitrogen and oxygen atoms in total. The summed E-state index contributed by atoms with van der Waals surface area (Å²) in [6.07, 6.45) is 6.20. The molecule has 0 spiro atoms. The van der Waals surface area contributed by atoms with E-state index in [4.69, 9.17) is 4.74 Å². The van der Waals surface area contributed by atoms with Crippen LogP contribution in [0.3, 0.4) is 0 Å². The summed E-state index contributed by atoms with van der Waals surface area (Å²) in [6, 6.07) is 15.6. The van der Waals surface area contributed by atoms with Crippen molar-refractivity contribution in [1.82, 2.24) is 30.8 Å². The lowest BCUT2D eigenvalue weighted by Gasteiger charge is -2.51. The number of pyridine rings is 2. The van der Waals surface area contributed by atoms with Crippen LogP contribution in [0.2, 0.25) is 0 Å². The van der Waals surface area contributed by atoms with Gasteiger partial charge in [0.25, 0.3) is 0 Å². The van der Waals surface area contributed by atoms with Gasteiger partial charge in [-0.15, -0.1) is 0 Å². The molecule has 1 fully saturated rings. The number of β-lactam (4-membered cyclic amide) rings is 1. The third-order valence-electron chi connectivity index (χ3n) is 7.09. The molecule has 4 rings (SSSR count). The lowest BCUT2D eigenvalue weighted by molar-refractivity contribution is -0.166. The first-order valence-corrected chi connectivity index (χ1v) is 14.2. The van der Waals surface area contributed by atoms with Crippen LogP contribution >= 0.6 is 0 Å². The van der Waals surface area contributed by atoms with Crippen molar-refractivity contribution < 1.29 is 23.9 Å². The molecule has 1 aliphatic heterocycles. The molecule has 3 heterocycles. The van der Waals surface area contributed by atoms with E-state index in [1.165, 1.54) is 4.90 Å². The fraction of sp³-hybridized carbons (Fsp3) is 0.375. The van der Waals surface area contributed by atoms with E-state index in [0.29, 0.717) is 6.42 Å². The number of aromatic nitrogens is 2. The molecule has 43 heavy (non-hydrogen) atoms. The Hall–Kier alpha value is -4.80. The lowest BCUT2D eigenvalue weighted by Crippen LogP contribution is -2.71. The second-order valence-corrected chi connectivity index (χ2v) is 11.5. The van der Waals surface area contributed by atoms with Gasteiger partial charge in [0.2, 0.25) is 17.7 Å². The van der Waals surface area contributed by atoms with Crippen LogP contribution in [-0.4, -0.2) is 62.4 Å². The summed E-state index contributed by atoms with van der Waals surface area (Å²) >= 11 is 0. The molecule has 1 aliphatic rings. The lowest BCUT2D eigenvalue weighted by atomic mass is 9.77. The predicted molar refractivity (Wildman–Crippen MR) is 159 cm³/mol. The summed E-state index contributed by atoms with van der Waals surface area (Å²) in [7, 11) is 0. The molecule has 3 N–H and O–H groups in total. The number of benzene rings is 1. The van der Waals surface area contributed by atoms with Gasteiger partial charge >= 0.3 is 6.09 Å². The Bertz CT molecular complexity index is 1400. The van der Waals surface area contributed by atoms with E-state index in [2.05, 4.69) is 25.9 Å². The van der Waals surface area contributed by atoms with E-state index < -0.39 is 29.2 Å². The van der Waals surface area contributed by atoms with E-state index in [0.717, 1.165) is 16.7 Å². The number of carbonyl (C=O) groups excluding carboxylic acids is 4. The number of ether oxygens (including phenoxy) is 1. The number of hydrogen-bond acceptors (Lipinski definition) is 7. The number of likely N-dealkylation sites (tertiary alicyclic amines) is 1. The maximum absolute atomic E-state index is 13.8. The average Bonchev–Trinajstić information content (AvgIpc) is 2.98. The van der Waals surface area contributed by atoms with Gasteiger partial charge in [-0.2, -0.15) is 0 Å². The zero-order valence-electron chi connectivity index (χ0n) is 24.7. The molecular formula is C32H38N6O5. The Morgan fingerprint density at radius 3 is 2.02 bits per heavy atom. The molecule has 1 aromatic carbocycles. The molecule has 0 unspecified atom stereocenters. The summed E-state index contributed by atoms with van der Waals surface area (Å²) in [4.78, 5) is 62.2. The Labute approximate surface area is 251 Å². The molecule has 0 aliphatic carbocycles. The molecule has 11 heteroatoms. The number of alkyl carbamates (subject to hydrolysis) is 1. The van der Waals surface area contributed by atoms with Gasteiger partial charge in [0.05, 0.1) is 6.42 Å². The molecule has 2 aromatic heterocycles. The SMILES string of the molecule is CC(C)(C)OC(=O)N[C@@H](CCN1C(=O)C[C@]1(Cc1ccccc1)C(=O)NCc1ccncc1)C(=O)NCc1ccncc1. The highest BCUT2D eigenvalue weighted by Gasteiger charge is 2.56. The number of rotatable bonds is 12. The molecule has 0 bridgehead atoms. The van der Waals surface area contributed by atoms with Crippen LogP contribution in [0.15, 0.2) is 79.4 Å². The molecule has 4 amide bonds. The van der Waals surface area contributed by atoms with Gasteiger partial charge in [-0.25, -0.2) is 4.79 Å². The molecule has 0 saturated carbocycles. The summed E-state index contributed by atoms with van der Waals surface area (Å²) in [5, 5.41) is 8.47. The molecule has 3 aromatic rings. The molecule has 1 saturated heterocycles. The van der Waals surface area contributed by atoms with Crippen LogP contribution in [0.25, 0.3) is 0 Å². The fourth-order valence-corrected chi connectivity index (χ4v) is 4.94. The maximum Gasteiger partial charge on any atom is 0.408 e. The largest absolute Gasteiger partial charge is 0.444 e. The molecule has 0 radical (unpaired) electrons. The van der Waals surface area contributed by atoms with Gasteiger partial charge in [-0.05, 0) is 68.1 Å². The fourth-order valence-electron chi connectivity index (χ4n) is 4.94. The standard InChI is InChI=1S/C32H38N6O5/c1-31(2,3)43-30(42)37-26(28(40)35-21-24-9-14-33-15-10-24)13-18-38-27(39)20-32(38,19-23-7-5-4-6-8-23)29(41)36-22-25-11-16-34-17-12-25/h4-12,14-17,26H,13,18-22H2,1-3H3,(H,35,40)(H,36,41)(H,37,42)/t26-,32+/m0/s1. The van der Waals surface area contributed by atoms with Gasteiger partial charge in [0.1, 0.15) is 17.2 Å². The Morgan fingerprint density at radius 1 is 0.884 bits per heavy atom. The number of hydrogen-bond donors (Lipinski definition) is 3. The number of nitrogens with zero attached hydrogens (tertiary/aromatic N) is 3. The number of carbonyl (C=O) groups is 4. The van der Waals surface area contributed by atoms with Crippen LogP contribution in [-0.2, 0) is 38.6 Å². The first-order valence-electron chi connectivity index (χ1n) is 14.2. The average molecular weight is 587 g/mol. The summed E-state index contributed by atoms with van der Waals surface area (Å²) < 4.78 is 5.39. The topological polar surface area (TPSA) is 143 Å². The normalized spacial score (nSPS) is 16.9. The van der Waals surface area contributed by atoms with Gasteiger partial charge in [-0.1, -0.05) is 30.3 Å². The summed E-state index contributed by atoms with van der Waals surface area (Å²) in [6.45, 7) is 5.76. The van der Waals surface area contributed by atoms with Crippen molar-refractivity contribution in [1.29, 1.82) is 0 Å². The molecule has 2 atom stereocenters. The minimum atomic E-state index is -1.14. The maximum atomic E-state index is 13.8. The molecule has 226 valence electrons. The summed E-state index contributed by atoms with van der Waals surface area (Å²) in [5.74, 6) is -0.929. The number of amides is 4.